The lowest BCUT2D eigenvalue weighted by Gasteiger charge is -2.30. The van der Waals surface area contributed by atoms with E-state index in [1.165, 1.54) is 18.2 Å². The lowest BCUT2D eigenvalue weighted by molar-refractivity contribution is -0.121. The molecule has 0 bridgehead atoms. The first-order valence-electron chi connectivity index (χ1n) is 36.9. The van der Waals surface area contributed by atoms with Gasteiger partial charge in [-0.1, -0.05) is 146 Å². The summed E-state index contributed by atoms with van der Waals surface area (Å²) < 4.78 is 32.2. The van der Waals surface area contributed by atoms with Crippen molar-refractivity contribution in [2.75, 3.05) is 81.9 Å². The Balaban J connectivity index is 0.708. The third-order valence-corrected chi connectivity index (χ3v) is 19.7. The van der Waals surface area contributed by atoms with Gasteiger partial charge in [0.05, 0.1) is 42.7 Å². The Morgan fingerprint density at radius 2 is 0.414 bits per heavy atom. The molecular weight excluding hydrogens is 1410 g/mol. The zero-order chi connectivity index (χ0) is 78.8. The molecule has 10 aromatic rings. The fraction of sp³-hybridized carbons (Fsp3) is 0.267. The quantitative estimate of drug-likeness (QED) is 0.0128. The molecule has 576 valence electrons. The van der Waals surface area contributed by atoms with Gasteiger partial charge in [0.15, 0.2) is 0 Å². The summed E-state index contributed by atoms with van der Waals surface area (Å²) in [5.41, 5.74) is 4.01. The van der Waals surface area contributed by atoms with Crippen LogP contribution in [0.15, 0.2) is 237 Å². The normalized spacial score (nSPS) is 11.3. The number of nitrogens with one attached hydrogen (secondary N) is 6. The van der Waals surface area contributed by atoms with Gasteiger partial charge in [-0.2, -0.15) is 0 Å². The van der Waals surface area contributed by atoms with Crippen molar-refractivity contribution in [2.24, 2.45) is 0 Å². The summed E-state index contributed by atoms with van der Waals surface area (Å²) >= 11 is 0. The first-order chi connectivity index (χ1) is 53.8. The predicted octanol–water partition coefficient (Wildman–Crippen LogP) is 11.2. The number of benzene rings is 10. The van der Waals surface area contributed by atoms with Crippen LogP contribution >= 0.6 is 0 Å². The van der Waals surface area contributed by atoms with Crippen molar-refractivity contribution in [3.05, 3.63) is 320 Å². The van der Waals surface area contributed by atoms with Crippen LogP contribution in [0.4, 0.5) is 0 Å². The molecule has 0 fully saturated rings. The van der Waals surface area contributed by atoms with Gasteiger partial charge in [0.2, 0.25) is 17.7 Å². The van der Waals surface area contributed by atoms with E-state index in [9.17, 15) is 44.1 Å². The van der Waals surface area contributed by atoms with Gasteiger partial charge >= 0.3 is 0 Å². The standard InChI is InChI=1S/C90H96N6O15/c1-106-76-37-25-70(26-38-76)88(103,71-27-39-77(107-2)40-28-71)67-19-10-61(11-20-67)16-49-82(97)91-52-7-55-94-85(100)64-58-65(86(101)95-56-8-53-92-83(98)50-17-62-12-21-68(22-13-62)89(104,72-29-41-78(108-3)42-30-72)73-31-43-79(109-4)44-32-73)60-66(59-64)87(102)96-57-9-54-93-84(99)51-18-63-14-23-69(24-15-63)90(105,74-33-45-80(110-5)46-34-74)75-35-47-81(111-6)48-36-75/h10-15,19-48,58-60,103-105H,7-9,16-18,49-57H2,1-6H3,(H,91,97)(H,92,98)(H,93,99)(H,94,100)(H,95,101)(H,96,102). The van der Waals surface area contributed by atoms with E-state index in [1.807, 2.05) is 146 Å². The number of ether oxygens (including phenoxy) is 6. The Labute approximate surface area is 647 Å². The maximum absolute atomic E-state index is 13.9. The number of amides is 6. The van der Waals surface area contributed by atoms with Crippen LogP contribution in [0.1, 0.15) is 136 Å². The lowest BCUT2D eigenvalue weighted by Crippen LogP contribution is -2.32. The molecule has 0 aliphatic heterocycles. The molecular formula is C90H96N6O15. The number of carbonyl (C=O) groups excluding carboxylic acids is 6. The Morgan fingerprint density at radius 3 is 0.586 bits per heavy atom. The van der Waals surface area contributed by atoms with Crippen LogP contribution in [-0.2, 0) is 50.4 Å². The second-order valence-electron chi connectivity index (χ2n) is 26.8. The molecule has 0 aromatic heterocycles. The number of methoxy groups -OCH3 is 6. The van der Waals surface area contributed by atoms with E-state index in [1.54, 1.807) is 115 Å². The molecule has 111 heavy (non-hydrogen) atoms. The Hall–Kier alpha value is -12.3. The summed E-state index contributed by atoms with van der Waals surface area (Å²) in [5.74, 6) is 1.68. The smallest absolute Gasteiger partial charge is 0.251 e. The summed E-state index contributed by atoms with van der Waals surface area (Å²) in [6.45, 7) is 1.23. The minimum absolute atomic E-state index is 0.0495. The Bertz CT molecular complexity index is 4080. The number of hydrogen-bond donors (Lipinski definition) is 9. The molecule has 10 rings (SSSR count). The number of rotatable bonds is 39. The van der Waals surface area contributed by atoms with Gasteiger partial charge in [0.25, 0.3) is 17.7 Å². The lowest BCUT2D eigenvalue weighted by atomic mass is 9.80. The van der Waals surface area contributed by atoms with Gasteiger partial charge in [-0.25, -0.2) is 0 Å². The van der Waals surface area contributed by atoms with E-state index in [0.29, 0.717) is 123 Å². The van der Waals surface area contributed by atoms with Gasteiger partial charge in [0, 0.05) is 75.2 Å². The van der Waals surface area contributed by atoms with Crippen molar-refractivity contribution in [1.82, 2.24) is 31.9 Å². The van der Waals surface area contributed by atoms with Crippen LogP contribution in [0.5, 0.6) is 34.5 Å². The molecule has 21 heteroatoms. The predicted molar refractivity (Wildman–Crippen MR) is 425 cm³/mol. The first-order valence-corrected chi connectivity index (χ1v) is 36.9. The maximum atomic E-state index is 13.9. The molecule has 0 aliphatic carbocycles. The molecule has 0 saturated heterocycles. The fourth-order valence-corrected chi connectivity index (χ4v) is 13.2. The van der Waals surface area contributed by atoms with E-state index in [0.717, 1.165) is 16.7 Å². The number of aliphatic hydroxyl groups is 3. The molecule has 21 nitrogen and oxygen atoms in total. The SMILES string of the molecule is COc1ccc(C(O)(c2ccc(CCC(=O)NCCCNC(=O)c3cc(C(=O)NCCCNC(=O)CCc4ccc(C(O)(c5ccc(OC)cc5)c5ccc(OC)cc5)cc4)cc(C(=O)NCCCNC(=O)CCc4ccc(C(O)(c5ccc(OC)cc5)c5ccc(OC)cc5)cc4)c3)cc2)c2ccc(OC)cc2)cc1. The number of hydrogen-bond acceptors (Lipinski definition) is 15. The summed E-state index contributed by atoms with van der Waals surface area (Å²) in [6.07, 6.45) is 2.96. The van der Waals surface area contributed by atoms with Gasteiger partial charge in [-0.3, -0.25) is 28.8 Å². The summed E-state index contributed by atoms with van der Waals surface area (Å²) in [6, 6.07) is 70.1. The van der Waals surface area contributed by atoms with Crippen LogP contribution in [-0.4, -0.2) is 133 Å². The second-order valence-corrected chi connectivity index (χ2v) is 26.8. The van der Waals surface area contributed by atoms with E-state index >= 15 is 0 Å². The maximum Gasteiger partial charge on any atom is 0.251 e. The van der Waals surface area contributed by atoms with Crippen molar-refractivity contribution in [3.8, 4) is 34.5 Å². The first kappa shape index (κ1) is 81.2. The summed E-state index contributed by atoms with van der Waals surface area (Å²) in [7, 11) is 9.49. The zero-order valence-electron chi connectivity index (χ0n) is 63.4. The minimum atomic E-state index is -1.51. The molecule has 9 N–H and O–H groups in total. The van der Waals surface area contributed by atoms with E-state index in [-0.39, 0.29) is 92.9 Å². The van der Waals surface area contributed by atoms with Crippen LogP contribution < -0.4 is 60.3 Å². The highest BCUT2D eigenvalue weighted by Crippen LogP contribution is 2.42. The molecule has 0 radical (unpaired) electrons. The zero-order valence-corrected chi connectivity index (χ0v) is 63.4. The topological polar surface area (TPSA) is 291 Å². The highest BCUT2D eigenvalue weighted by molar-refractivity contribution is 6.04. The third-order valence-electron chi connectivity index (χ3n) is 19.7. The van der Waals surface area contributed by atoms with Crippen LogP contribution in [0.2, 0.25) is 0 Å². The third kappa shape index (κ3) is 20.9. The van der Waals surface area contributed by atoms with E-state index in [4.69, 9.17) is 28.4 Å². The second kappa shape index (κ2) is 39.2. The Kier molecular flexibility index (Phi) is 28.7. The molecule has 10 aromatic carbocycles. The van der Waals surface area contributed by atoms with Gasteiger partial charge in [-0.05, 0) is 196 Å². The number of carbonyl (C=O) groups is 6. The van der Waals surface area contributed by atoms with Crippen molar-refractivity contribution >= 4 is 35.4 Å². The largest absolute Gasteiger partial charge is 0.497 e. The highest BCUT2D eigenvalue weighted by Gasteiger charge is 2.37. The van der Waals surface area contributed by atoms with Gasteiger partial charge in [0.1, 0.15) is 51.3 Å². The van der Waals surface area contributed by atoms with Crippen LogP contribution in [0.25, 0.3) is 0 Å². The van der Waals surface area contributed by atoms with E-state index in [2.05, 4.69) is 31.9 Å². The van der Waals surface area contributed by atoms with Crippen molar-refractivity contribution < 1.29 is 72.5 Å². The average Bonchev–Trinajstić information content (AvgIpc) is 0.776. The molecule has 0 unspecified atom stereocenters. The average molecular weight is 1500 g/mol. The van der Waals surface area contributed by atoms with Gasteiger partial charge in [-0.15, -0.1) is 0 Å². The highest BCUT2D eigenvalue weighted by atomic mass is 16.5. The number of aryl methyl sites for hydroxylation is 3. The molecule has 0 spiro atoms. The monoisotopic (exact) mass is 1500 g/mol. The van der Waals surface area contributed by atoms with Gasteiger partial charge < -0.3 is 75.6 Å². The summed E-state index contributed by atoms with van der Waals surface area (Å²) in [4.78, 5) is 80.9. The van der Waals surface area contributed by atoms with Crippen LogP contribution in [0.3, 0.4) is 0 Å². The molecule has 6 amide bonds. The fourth-order valence-electron chi connectivity index (χ4n) is 13.2. The minimum Gasteiger partial charge on any atom is -0.497 e. The van der Waals surface area contributed by atoms with Crippen molar-refractivity contribution in [1.29, 1.82) is 0 Å². The van der Waals surface area contributed by atoms with Crippen molar-refractivity contribution in [3.63, 3.8) is 0 Å². The molecule has 0 heterocycles. The molecule has 0 aliphatic rings. The van der Waals surface area contributed by atoms with Crippen LogP contribution in [0, 0.1) is 0 Å². The van der Waals surface area contributed by atoms with E-state index < -0.39 is 34.5 Å². The summed E-state index contributed by atoms with van der Waals surface area (Å²) in [5, 5.41) is 54.6. The molecule has 0 saturated carbocycles. The molecule has 0 atom stereocenters. The Morgan fingerprint density at radius 1 is 0.252 bits per heavy atom. The van der Waals surface area contributed by atoms with Crippen molar-refractivity contribution in [2.45, 2.75) is 74.6 Å².